The smallest absolute Gasteiger partial charge is 0.341 e. The summed E-state index contributed by atoms with van der Waals surface area (Å²) in [6.45, 7) is 3.05. The molecule has 5 nitrogen and oxygen atoms in total. The average Bonchev–Trinajstić information content (AvgIpc) is 2.27. The van der Waals surface area contributed by atoms with E-state index >= 15 is 0 Å². The van der Waals surface area contributed by atoms with Gasteiger partial charge in [-0.1, -0.05) is 17.7 Å². The monoisotopic (exact) mass is 306 g/mol. The molecule has 0 bridgehead atoms. The molecule has 0 amide bonds. The van der Waals surface area contributed by atoms with Crippen molar-refractivity contribution >= 4 is 27.4 Å². The van der Waals surface area contributed by atoms with E-state index in [1.165, 1.54) is 12.1 Å². The van der Waals surface area contributed by atoms with Crippen LogP contribution in [0, 0.1) is 0 Å². The maximum atomic E-state index is 11.6. The fourth-order valence-electron chi connectivity index (χ4n) is 1.34. The summed E-state index contributed by atoms with van der Waals surface area (Å²) in [5, 5.41) is 8.57. The molecule has 19 heavy (non-hydrogen) atoms. The summed E-state index contributed by atoms with van der Waals surface area (Å²) in [5.74, 6) is -1.32. The van der Waals surface area contributed by atoms with Crippen LogP contribution in [-0.4, -0.2) is 37.1 Å². The van der Waals surface area contributed by atoms with E-state index in [4.69, 9.17) is 21.4 Å². The van der Waals surface area contributed by atoms with E-state index in [0.717, 1.165) is 0 Å². The van der Waals surface area contributed by atoms with Crippen molar-refractivity contribution in [2.75, 3.05) is 12.4 Å². The Morgan fingerprint density at radius 3 is 2.58 bits per heavy atom. The third-order valence-corrected chi connectivity index (χ3v) is 5.02. The summed E-state index contributed by atoms with van der Waals surface area (Å²) >= 11 is 5.76. The van der Waals surface area contributed by atoms with Crippen molar-refractivity contribution < 1.29 is 23.1 Å². The number of aromatic carboxylic acids is 1. The SMILES string of the molecule is CC(C)S(=O)(=O)CCOc1cccc(Cl)c1C(=O)O. The van der Waals surface area contributed by atoms with Crippen molar-refractivity contribution in [3.8, 4) is 5.75 Å². The second kappa shape index (κ2) is 6.25. The van der Waals surface area contributed by atoms with Gasteiger partial charge < -0.3 is 9.84 Å². The lowest BCUT2D eigenvalue weighted by Crippen LogP contribution is -2.22. The Morgan fingerprint density at radius 1 is 1.42 bits per heavy atom. The van der Waals surface area contributed by atoms with Crippen LogP contribution >= 0.6 is 11.6 Å². The van der Waals surface area contributed by atoms with Gasteiger partial charge in [0.15, 0.2) is 9.84 Å². The highest BCUT2D eigenvalue weighted by atomic mass is 35.5. The van der Waals surface area contributed by atoms with Gasteiger partial charge in [0.1, 0.15) is 17.9 Å². The zero-order valence-corrected chi connectivity index (χ0v) is 12.2. The molecule has 0 saturated heterocycles. The van der Waals surface area contributed by atoms with Gasteiger partial charge in [0.25, 0.3) is 0 Å². The molecule has 0 radical (unpaired) electrons. The largest absolute Gasteiger partial charge is 0.492 e. The first-order chi connectivity index (χ1) is 8.75. The summed E-state index contributed by atoms with van der Waals surface area (Å²) in [6, 6.07) is 4.42. The Balaban J connectivity index is 2.80. The van der Waals surface area contributed by atoms with Gasteiger partial charge in [0.2, 0.25) is 0 Å². The fourth-order valence-corrected chi connectivity index (χ4v) is 2.37. The Morgan fingerprint density at radius 2 is 2.05 bits per heavy atom. The van der Waals surface area contributed by atoms with Crippen LogP contribution in [0.5, 0.6) is 5.75 Å². The number of hydrogen-bond acceptors (Lipinski definition) is 4. The van der Waals surface area contributed by atoms with Gasteiger partial charge in [0.05, 0.1) is 16.0 Å². The minimum atomic E-state index is -3.22. The number of ether oxygens (including phenoxy) is 1. The van der Waals surface area contributed by atoms with E-state index < -0.39 is 21.1 Å². The van der Waals surface area contributed by atoms with Gasteiger partial charge >= 0.3 is 5.97 Å². The predicted octanol–water partition coefficient (Wildman–Crippen LogP) is 2.24. The number of carboxylic acids is 1. The van der Waals surface area contributed by atoms with Crippen molar-refractivity contribution in [1.29, 1.82) is 0 Å². The van der Waals surface area contributed by atoms with Crippen LogP contribution < -0.4 is 4.74 Å². The zero-order valence-electron chi connectivity index (χ0n) is 10.6. The minimum absolute atomic E-state index is 0.0525. The molecule has 0 heterocycles. The van der Waals surface area contributed by atoms with Gasteiger partial charge in [-0.15, -0.1) is 0 Å². The van der Waals surface area contributed by atoms with E-state index in [0.29, 0.717) is 0 Å². The molecule has 1 aromatic carbocycles. The fraction of sp³-hybridized carbons (Fsp3) is 0.417. The highest BCUT2D eigenvalue weighted by molar-refractivity contribution is 7.91. The molecular weight excluding hydrogens is 292 g/mol. The molecule has 1 aromatic rings. The molecule has 1 rings (SSSR count). The van der Waals surface area contributed by atoms with Crippen LogP contribution in [0.3, 0.4) is 0 Å². The van der Waals surface area contributed by atoms with Crippen molar-refractivity contribution in [3.63, 3.8) is 0 Å². The van der Waals surface area contributed by atoms with Crippen LogP contribution in [0.1, 0.15) is 24.2 Å². The number of halogens is 1. The summed E-state index contributed by atoms with van der Waals surface area (Å²) < 4.78 is 28.4. The summed E-state index contributed by atoms with van der Waals surface area (Å²) in [5.41, 5.74) is -0.161. The summed E-state index contributed by atoms with van der Waals surface area (Å²) in [4.78, 5) is 11.0. The van der Waals surface area contributed by atoms with Gasteiger partial charge in [-0.05, 0) is 26.0 Å². The maximum Gasteiger partial charge on any atom is 0.341 e. The first kappa shape index (κ1) is 15.8. The van der Waals surface area contributed by atoms with E-state index in [1.807, 2.05) is 0 Å². The Bertz CT molecular complexity index is 565. The second-order valence-electron chi connectivity index (χ2n) is 4.18. The number of benzene rings is 1. The Labute approximate surface area is 117 Å². The molecule has 0 atom stereocenters. The van der Waals surface area contributed by atoms with Crippen LogP contribution in [0.25, 0.3) is 0 Å². The van der Waals surface area contributed by atoms with E-state index in [9.17, 15) is 13.2 Å². The number of rotatable bonds is 6. The molecule has 0 spiro atoms. The molecule has 106 valence electrons. The molecule has 0 aliphatic carbocycles. The summed E-state index contributed by atoms with van der Waals surface area (Å²) in [6.07, 6.45) is 0. The van der Waals surface area contributed by atoms with Crippen molar-refractivity contribution in [3.05, 3.63) is 28.8 Å². The van der Waals surface area contributed by atoms with Gasteiger partial charge in [-0.3, -0.25) is 0 Å². The molecule has 7 heteroatoms. The first-order valence-corrected chi connectivity index (χ1v) is 7.71. The molecule has 0 aromatic heterocycles. The zero-order chi connectivity index (χ0) is 14.6. The van der Waals surface area contributed by atoms with E-state index in [2.05, 4.69) is 0 Å². The van der Waals surface area contributed by atoms with Gasteiger partial charge in [-0.25, -0.2) is 13.2 Å². The van der Waals surface area contributed by atoms with Gasteiger partial charge in [-0.2, -0.15) is 0 Å². The average molecular weight is 307 g/mol. The van der Waals surface area contributed by atoms with Crippen LogP contribution in [0.4, 0.5) is 0 Å². The molecule has 0 fully saturated rings. The van der Waals surface area contributed by atoms with E-state index in [1.54, 1.807) is 19.9 Å². The third kappa shape index (κ3) is 4.11. The highest BCUT2D eigenvalue weighted by Crippen LogP contribution is 2.26. The van der Waals surface area contributed by atoms with Crippen LogP contribution in [0.2, 0.25) is 5.02 Å². The molecule has 0 aliphatic rings. The lowest BCUT2D eigenvalue weighted by molar-refractivity contribution is 0.0693. The molecule has 1 N–H and O–H groups in total. The third-order valence-electron chi connectivity index (χ3n) is 2.53. The number of hydrogen-bond donors (Lipinski definition) is 1. The summed E-state index contributed by atoms with van der Waals surface area (Å²) in [7, 11) is -3.22. The highest BCUT2D eigenvalue weighted by Gasteiger charge is 2.18. The quantitative estimate of drug-likeness (QED) is 0.871. The number of carboxylic acid groups (broad SMARTS) is 1. The second-order valence-corrected chi connectivity index (χ2v) is 7.27. The molecule has 0 saturated carbocycles. The normalized spacial score (nSPS) is 11.6. The standard InChI is InChI=1S/C12H15ClO5S/c1-8(2)19(16,17)7-6-18-10-5-3-4-9(13)11(10)12(14)15/h3-5,8H,6-7H2,1-2H3,(H,14,15). The van der Waals surface area contributed by atoms with Crippen molar-refractivity contribution in [2.24, 2.45) is 0 Å². The lowest BCUT2D eigenvalue weighted by Gasteiger charge is -2.11. The molecular formula is C12H15ClO5S. The van der Waals surface area contributed by atoms with E-state index in [-0.39, 0.29) is 28.7 Å². The first-order valence-electron chi connectivity index (χ1n) is 5.62. The lowest BCUT2D eigenvalue weighted by atomic mass is 10.2. The number of carbonyl (C=O) groups is 1. The van der Waals surface area contributed by atoms with Gasteiger partial charge in [0, 0.05) is 0 Å². The molecule has 0 aliphatic heterocycles. The maximum absolute atomic E-state index is 11.6. The van der Waals surface area contributed by atoms with Crippen LogP contribution in [-0.2, 0) is 9.84 Å². The Hall–Kier alpha value is -1.27. The molecule has 0 unspecified atom stereocenters. The number of sulfone groups is 1. The van der Waals surface area contributed by atoms with Crippen molar-refractivity contribution in [2.45, 2.75) is 19.1 Å². The van der Waals surface area contributed by atoms with Crippen molar-refractivity contribution in [1.82, 2.24) is 0 Å². The minimum Gasteiger partial charge on any atom is -0.492 e. The topological polar surface area (TPSA) is 80.7 Å². The van der Waals surface area contributed by atoms with Crippen LogP contribution in [0.15, 0.2) is 18.2 Å². The Kier molecular flexibility index (Phi) is 5.20. The predicted molar refractivity (Wildman–Crippen MR) is 72.8 cm³/mol.